The average Bonchev–Trinajstić information content (AvgIpc) is 2.89. The van der Waals surface area contributed by atoms with E-state index in [4.69, 9.17) is 4.98 Å². The van der Waals surface area contributed by atoms with Gasteiger partial charge in [-0.25, -0.2) is 4.98 Å². The smallest absolute Gasteiger partial charge is 0.225 e. The van der Waals surface area contributed by atoms with Crippen molar-refractivity contribution in [1.29, 1.82) is 0 Å². The molecule has 2 aromatic heterocycles. The van der Waals surface area contributed by atoms with Crippen molar-refractivity contribution in [3.8, 4) is 0 Å². The molecule has 1 unspecified atom stereocenters. The van der Waals surface area contributed by atoms with Crippen LogP contribution in [0.3, 0.4) is 0 Å². The topological polar surface area (TPSA) is 34.0 Å². The molecule has 1 aliphatic carbocycles. The molecule has 24 heavy (non-hydrogen) atoms. The van der Waals surface area contributed by atoms with Crippen LogP contribution in [0.4, 0.5) is 0 Å². The van der Waals surface area contributed by atoms with E-state index in [0.717, 1.165) is 36.6 Å². The minimum Gasteiger partial charge on any atom is -0.380 e. The normalized spacial score (nSPS) is 17.3. The van der Waals surface area contributed by atoms with E-state index in [-0.39, 0.29) is 0 Å². The van der Waals surface area contributed by atoms with Crippen molar-refractivity contribution in [2.24, 2.45) is 0 Å². The van der Waals surface area contributed by atoms with E-state index < -0.39 is 0 Å². The number of hydrogen-bond donors (Lipinski definition) is 0. The first-order valence-corrected chi connectivity index (χ1v) is 8.60. The second kappa shape index (κ2) is 7.22. The molecule has 0 saturated heterocycles. The van der Waals surface area contributed by atoms with Crippen molar-refractivity contribution < 1.29 is 0 Å². The lowest BCUT2D eigenvalue weighted by Gasteiger charge is -2.32. The van der Waals surface area contributed by atoms with Crippen LogP contribution in [-0.4, -0.2) is 35.2 Å². The number of pyridine rings is 1. The van der Waals surface area contributed by atoms with Crippen LogP contribution >= 0.6 is 0 Å². The maximum absolute atomic E-state index is 4.80. The minimum absolute atomic E-state index is 0.365. The van der Waals surface area contributed by atoms with Crippen LogP contribution in [0.15, 0.2) is 31.0 Å². The van der Waals surface area contributed by atoms with Crippen molar-refractivity contribution in [3.05, 3.63) is 59.5 Å². The van der Waals surface area contributed by atoms with Crippen LogP contribution < -0.4 is 0 Å². The fourth-order valence-corrected chi connectivity index (χ4v) is 3.59. The molecular formula is C18H24B2N4. The van der Waals surface area contributed by atoms with Crippen LogP contribution in [0.25, 0.3) is 12.2 Å². The van der Waals surface area contributed by atoms with Gasteiger partial charge in [0.05, 0.1) is 17.1 Å². The zero-order chi connectivity index (χ0) is 17.1. The highest BCUT2D eigenvalue weighted by Gasteiger charge is 2.25. The predicted octanol–water partition coefficient (Wildman–Crippen LogP) is 1.78. The largest absolute Gasteiger partial charge is 0.380 e. The van der Waals surface area contributed by atoms with Crippen LogP contribution in [0.5, 0.6) is 0 Å². The fraction of sp³-hybridized carbons (Fsp3) is 0.333. The predicted molar refractivity (Wildman–Crippen MR) is 105 cm³/mol. The van der Waals surface area contributed by atoms with Gasteiger partial charge in [0, 0.05) is 18.8 Å². The van der Waals surface area contributed by atoms with Crippen LogP contribution in [-0.2, 0) is 13.0 Å². The lowest BCUT2D eigenvalue weighted by molar-refractivity contribution is 0.289. The van der Waals surface area contributed by atoms with Gasteiger partial charge in [0.25, 0.3) is 0 Å². The first kappa shape index (κ1) is 16.8. The summed E-state index contributed by atoms with van der Waals surface area (Å²) >= 11 is 0. The number of nitrogens with zero attached hydrogens (tertiary/aromatic N) is 4. The fourth-order valence-electron chi connectivity index (χ4n) is 3.59. The monoisotopic (exact) mass is 318 g/mol. The van der Waals surface area contributed by atoms with E-state index in [1.54, 1.807) is 0 Å². The van der Waals surface area contributed by atoms with Crippen molar-refractivity contribution in [2.45, 2.75) is 38.8 Å². The Bertz CT molecular complexity index is 766. The number of hydrogen-bond acceptors (Lipinski definition) is 3. The molecule has 0 saturated carbocycles. The summed E-state index contributed by atoms with van der Waals surface area (Å²) in [6, 6.07) is 4.62. The number of aryl methyl sites for hydroxylation is 1. The zero-order valence-corrected chi connectivity index (χ0v) is 14.9. The highest BCUT2D eigenvalue weighted by molar-refractivity contribution is 6.08. The quantitative estimate of drug-likeness (QED) is 0.788. The minimum atomic E-state index is 0.365. The number of rotatable bonds is 5. The summed E-state index contributed by atoms with van der Waals surface area (Å²) < 4.78 is 2.14. The third-order valence-corrected chi connectivity index (χ3v) is 4.87. The third kappa shape index (κ3) is 3.11. The summed E-state index contributed by atoms with van der Waals surface area (Å²) in [5, 5.41) is 0. The molecule has 0 N–H and O–H groups in total. The van der Waals surface area contributed by atoms with Crippen molar-refractivity contribution in [2.75, 3.05) is 0 Å². The molecule has 0 fully saturated rings. The van der Waals surface area contributed by atoms with Gasteiger partial charge < -0.3 is 9.29 Å². The van der Waals surface area contributed by atoms with Crippen LogP contribution in [0.1, 0.15) is 54.3 Å². The molecule has 0 aromatic carbocycles. The van der Waals surface area contributed by atoms with Gasteiger partial charge >= 0.3 is 0 Å². The van der Waals surface area contributed by atoms with Gasteiger partial charge in [0.1, 0.15) is 5.82 Å². The number of imidazole rings is 1. The van der Waals surface area contributed by atoms with Gasteiger partial charge in [-0.2, -0.15) is 0 Å². The standard InChI is InChI=1S/C18H24B2N4/c1-3-7-14-15(4-2)24(20)17(22-14)12-23(19)16-10-5-8-13-9-6-11-21-18(13)16/h3-4,6-7,9,11,16H,2,5,8,10,12,19-20H2,1H3/b7-3-. The second-order valence-corrected chi connectivity index (χ2v) is 6.43. The van der Waals surface area contributed by atoms with E-state index >= 15 is 0 Å². The number of allylic oxidation sites excluding steroid dienone is 1. The molecule has 0 aliphatic heterocycles. The first-order chi connectivity index (χ1) is 11.7. The van der Waals surface area contributed by atoms with E-state index in [0.29, 0.717) is 6.04 Å². The SMILES string of the molecule is BN(Cc1nc(/C=C\C)c(C=C)n1B)C1CCCc2cccnc21. The summed E-state index contributed by atoms with van der Waals surface area (Å²) in [5.41, 5.74) is 4.68. The molecule has 0 spiro atoms. The number of fused-ring (bicyclic) bond motifs is 1. The molecule has 0 amide bonds. The van der Waals surface area contributed by atoms with Crippen molar-refractivity contribution >= 4 is 28.1 Å². The van der Waals surface area contributed by atoms with E-state index in [1.807, 2.05) is 37.4 Å². The molecule has 2 aromatic rings. The molecule has 6 heteroatoms. The Kier molecular flexibility index (Phi) is 5.05. The Morgan fingerprint density at radius 3 is 3.08 bits per heavy atom. The zero-order valence-electron chi connectivity index (χ0n) is 14.9. The summed E-state index contributed by atoms with van der Waals surface area (Å²) in [5.74, 6) is 1.06. The Morgan fingerprint density at radius 2 is 2.33 bits per heavy atom. The van der Waals surface area contributed by atoms with Crippen LogP contribution in [0, 0.1) is 0 Å². The van der Waals surface area contributed by atoms with E-state index in [2.05, 4.69) is 42.9 Å². The molecule has 122 valence electrons. The van der Waals surface area contributed by atoms with Gasteiger partial charge in [0.15, 0.2) is 7.98 Å². The van der Waals surface area contributed by atoms with Gasteiger partial charge in [-0.05, 0) is 50.0 Å². The lowest BCUT2D eigenvalue weighted by Crippen LogP contribution is -2.30. The van der Waals surface area contributed by atoms with Gasteiger partial charge in [-0.15, -0.1) is 0 Å². The molecule has 0 bridgehead atoms. The average molecular weight is 318 g/mol. The van der Waals surface area contributed by atoms with Gasteiger partial charge in [-0.1, -0.05) is 18.7 Å². The Balaban J connectivity index is 1.86. The number of aromatic nitrogens is 3. The van der Waals surface area contributed by atoms with Crippen molar-refractivity contribution in [3.63, 3.8) is 0 Å². The first-order valence-electron chi connectivity index (χ1n) is 8.60. The molecule has 1 aliphatic rings. The summed E-state index contributed by atoms with van der Waals surface area (Å²) in [6.07, 6.45) is 11.4. The maximum Gasteiger partial charge on any atom is 0.225 e. The van der Waals surface area contributed by atoms with E-state index in [9.17, 15) is 0 Å². The molecule has 1 atom stereocenters. The molecule has 0 radical (unpaired) electrons. The Labute approximate surface area is 146 Å². The van der Waals surface area contributed by atoms with Crippen molar-refractivity contribution in [1.82, 2.24) is 19.3 Å². The Morgan fingerprint density at radius 1 is 1.50 bits per heavy atom. The third-order valence-electron chi connectivity index (χ3n) is 4.87. The molecule has 4 nitrogen and oxygen atoms in total. The van der Waals surface area contributed by atoms with Gasteiger partial charge in [-0.3, -0.25) is 4.98 Å². The van der Waals surface area contributed by atoms with Gasteiger partial charge in [0.2, 0.25) is 7.98 Å². The highest BCUT2D eigenvalue weighted by atomic mass is 15.1. The Hall–Kier alpha value is -2.07. The highest BCUT2D eigenvalue weighted by Crippen LogP contribution is 2.32. The van der Waals surface area contributed by atoms with E-state index in [1.165, 1.54) is 17.7 Å². The summed E-state index contributed by atoms with van der Waals surface area (Å²) in [7, 11) is 4.24. The summed E-state index contributed by atoms with van der Waals surface area (Å²) in [4.78, 5) is 11.8. The van der Waals surface area contributed by atoms with Crippen LogP contribution in [0.2, 0.25) is 0 Å². The molecular weight excluding hydrogens is 294 g/mol. The summed E-state index contributed by atoms with van der Waals surface area (Å²) in [6.45, 7) is 6.74. The maximum atomic E-state index is 4.80. The molecule has 3 rings (SSSR count). The molecule has 2 heterocycles. The second-order valence-electron chi connectivity index (χ2n) is 6.43. The lowest BCUT2D eigenvalue weighted by atomic mass is 9.89.